The summed E-state index contributed by atoms with van der Waals surface area (Å²) in [5.41, 5.74) is 3.72. The average Bonchev–Trinajstić information content (AvgIpc) is 2.68. The summed E-state index contributed by atoms with van der Waals surface area (Å²) in [5.74, 6) is 1.42. The summed E-state index contributed by atoms with van der Waals surface area (Å²) in [5, 5.41) is 16.7. The highest BCUT2D eigenvalue weighted by atomic mass is 16.3. The Morgan fingerprint density at radius 3 is 2.62 bits per heavy atom. The zero-order chi connectivity index (χ0) is 15.6. The summed E-state index contributed by atoms with van der Waals surface area (Å²) >= 11 is 0. The Morgan fingerprint density at radius 1 is 1.29 bits per heavy atom. The fourth-order valence-corrected chi connectivity index (χ4v) is 2.25. The molecule has 0 bridgehead atoms. The molecule has 7 nitrogen and oxygen atoms in total. The zero-order valence-electron chi connectivity index (χ0n) is 13.2. The molecule has 0 aliphatic rings. The number of anilines is 3. The monoisotopic (exact) mass is 290 g/mol. The van der Waals surface area contributed by atoms with Crippen molar-refractivity contribution < 1.29 is 5.11 Å². The van der Waals surface area contributed by atoms with E-state index in [1.54, 1.807) is 10.9 Å². The predicted molar refractivity (Wildman–Crippen MR) is 83.2 cm³/mol. The molecule has 0 spiro atoms. The van der Waals surface area contributed by atoms with Gasteiger partial charge >= 0.3 is 0 Å². The molecule has 0 radical (unpaired) electrons. The standard InChI is InChI=1S/C14H22N6O/c1-9-8-15-14(17-13(9)19(4)5)16-12-10(2)18-20(6-7-21)11(12)3/h8,21H,6-7H2,1-5H3,(H,15,16,17). The van der Waals surface area contributed by atoms with Crippen LogP contribution in [0.1, 0.15) is 17.0 Å². The Labute approximate surface area is 124 Å². The Morgan fingerprint density at radius 2 is 2.00 bits per heavy atom. The van der Waals surface area contributed by atoms with E-state index < -0.39 is 0 Å². The largest absolute Gasteiger partial charge is 0.394 e. The molecule has 21 heavy (non-hydrogen) atoms. The third kappa shape index (κ3) is 3.13. The first kappa shape index (κ1) is 15.2. The molecule has 0 atom stereocenters. The Kier molecular flexibility index (Phi) is 4.42. The SMILES string of the molecule is Cc1cnc(Nc2c(C)nn(CCO)c2C)nc1N(C)C. The van der Waals surface area contributed by atoms with Gasteiger partial charge in [-0.2, -0.15) is 10.1 Å². The van der Waals surface area contributed by atoms with Gasteiger partial charge in [0.1, 0.15) is 5.82 Å². The molecule has 0 saturated carbocycles. The highest BCUT2D eigenvalue weighted by Crippen LogP contribution is 2.24. The molecule has 0 aliphatic heterocycles. The number of aryl methyl sites for hydroxylation is 2. The number of aliphatic hydroxyl groups is 1. The van der Waals surface area contributed by atoms with Crippen molar-refractivity contribution in [1.29, 1.82) is 0 Å². The third-order valence-electron chi connectivity index (χ3n) is 3.30. The van der Waals surface area contributed by atoms with Gasteiger partial charge in [-0.15, -0.1) is 0 Å². The molecule has 0 fully saturated rings. The highest BCUT2D eigenvalue weighted by Gasteiger charge is 2.13. The molecule has 0 saturated heterocycles. The van der Waals surface area contributed by atoms with Crippen LogP contribution in [0.4, 0.5) is 17.5 Å². The van der Waals surface area contributed by atoms with Crippen LogP contribution in [0.3, 0.4) is 0 Å². The van der Waals surface area contributed by atoms with E-state index in [1.807, 2.05) is 39.8 Å². The van der Waals surface area contributed by atoms with Gasteiger partial charge in [-0.25, -0.2) is 4.98 Å². The van der Waals surface area contributed by atoms with Crippen molar-refractivity contribution in [2.45, 2.75) is 27.3 Å². The van der Waals surface area contributed by atoms with Crippen LogP contribution in [0.15, 0.2) is 6.20 Å². The van der Waals surface area contributed by atoms with Crippen LogP contribution in [-0.2, 0) is 6.54 Å². The number of nitrogens with zero attached hydrogens (tertiary/aromatic N) is 5. The van der Waals surface area contributed by atoms with E-state index in [4.69, 9.17) is 5.11 Å². The quantitative estimate of drug-likeness (QED) is 0.866. The smallest absolute Gasteiger partial charge is 0.229 e. The van der Waals surface area contributed by atoms with Crippen molar-refractivity contribution in [2.24, 2.45) is 0 Å². The summed E-state index contributed by atoms with van der Waals surface area (Å²) in [7, 11) is 3.91. The van der Waals surface area contributed by atoms with Crippen LogP contribution in [0.25, 0.3) is 0 Å². The number of aliphatic hydroxyl groups excluding tert-OH is 1. The first-order valence-corrected chi connectivity index (χ1v) is 6.87. The second kappa shape index (κ2) is 6.09. The topological polar surface area (TPSA) is 79.1 Å². The van der Waals surface area contributed by atoms with Crippen LogP contribution >= 0.6 is 0 Å². The molecule has 114 valence electrons. The molecule has 2 heterocycles. The van der Waals surface area contributed by atoms with Crippen molar-refractivity contribution in [1.82, 2.24) is 19.7 Å². The van der Waals surface area contributed by atoms with Gasteiger partial charge in [-0.1, -0.05) is 0 Å². The lowest BCUT2D eigenvalue weighted by atomic mass is 10.3. The van der Waals surface area contributed by atoms with Gasteiger partial charge in [0.15, 0.2) is 0 Å². The molecule has 0 unspecified atom stereocenters. The maximum atomic E-state index is 9.05. The maximum absolute atomic E-state index is 9.05. The van der Waals surface area contributed by atoms with E-state index in [9.17, 15) is 0 Å². The number of hydrogen-bond donors (Lipinski definition) is 2. The Bertz CT molecular complexity index is 635. The maximum Gasteiger partial charge on any atom is 0.229 e. The lowest BCUT2D eigenvalue weighted by Gasteiger charge is -2.15. The van der Waals surface area contributed by atoms with Crippen molar-refractivity contribution in [3.63, 3.8) is 0 Å². The van der Waals surface area contributed by atoms with Gasteiger partial charge in [-0.05, 0) is 20.8 Å². The van der Waals surface area contributed by atoms with E-state index in [1.165, 1.54) is 0 Å². The third-order valence-corrected chi connectivity index (χ3v) is 3.30. The molecule has 2 aromatic heterocycles. The first-order chi connectivity index (χ1) is 9.93. The van der Waals surface area contributed by atoms with Crippen molar-refractivity contribution in [2.75, 3.05) is 30.9 Å². The minimum atomic E-state index is 0.0627. The van der Waals surface area contributed by atoms with Gasteiger partial charge in [0.2, 0.25) is 5.95 Å². The average molecular weight is 290 g/mol. The van der Waals surface area contributed by atoms with Crippen LogP contribution in [0.5, 0.6) is 0 Å². The molecule has 2 rings (SSSR count). The Balaban J connectivity index is 2.32. The normalized spacial score (nSPS) is 10.8. The van der Waals surface area contributed by atoms with Crippen LogP contribution < -0.4 is 10.2 Å². The van der Waals surface area contributed by atoms with E-state index in [-0.39, 0.29) is 6.61 Å². The zero-order valence-corrected chi connectivity index (χ0v) is 13.2. The van der Waals surface area contributed by atoms with E-state index in [0.29, 0.717) is 12.5 Å². The second-order valence-corrected chi connectivity index (χ2v) is 5.21. The number of hydrogen-bond acceptors (Lipinski definition) is 6. The number of nitrogens with one attached hydrogen (secondary N) is 1. The number of aromatic nitrogens is 4. The summed E-state index contributed by atoms with van der Waals surface area (Å²) in [6, 6.07) is 0. The molecular formula is C14H22N6O. The van der Waals surface area contributed by atoms with Crippen molar-refractivity contribution in [3.05, 3.63) is 23.1 Å². The minimum Gasteiger partial charge on any atom is -0.394 e. The van der Waals surface area contributed by atoms with Crippen molar-refractivity contribution in [3.8, 4) is 0 Å². The minimum absolute atomic E-state index is 0.0627. The fourth-order valence-electron chi connectivity index (χ4n) is 2.25. The van der Waals surface area contributed by atoms with Crippen LogP contribution in [-0.4, -0.2) is 45.6 Å². The Hall–Kier alpha value is -2.15. The highest BCUT2D eigenvalue weighted by molar-refractivity contribution is 5.61. The summed E-state index contributed by atoms with van der Waals surface area (Å²) in [6.07, 6.45) is 1.80. The molecule has 0 aromatic carbocycles. The fraction of sp³-hybridized carbons (Fsp3) is 0.500. The molecule has 2 aromatic rings. The van der Waals surface area contributed by atoms with Crippen molar-refractivity contribution >= 4 is 17.5 Å². The van der Waals surface area contributed by atoms with E-state index >= 15 is 0 Å². The molecule has 0 aliphatic carbocycles. The van der Waals surface area contributed by atoms with Gasteiger partial charge in [0, 0.05) is 25.9 Å². The second-order valence-electron chi connectivity index (χ2n) is 5.21. The molecular weight excluding hydrogens is 268 g/mol. The summed E-state index contributed by atoms with van der Waals surface area (Å²) in [6.45, 7) is 6.40. The van der Waals surface area contributed by atoms with Gasteiger partial charge < -0.3 is 15.3 Å². The summed E-state index contributed by atoms with van der Waals surface area (Å²) < 4.78 is 1.78. The lowest BCUT2D eigenvalue weighted by molar-refractivity contribution is 0.268. The lowest BCUT2D eigenvalue weighted by Crippen LogP contribution is -2.14. The summed E-state index contributed by atoms with van der Waals surface area (Å²) in [4.78, 5) is 10.8. The first-order valence-electron chi connectivity index (χ1n) is 6.87. The van der Waals surface area contributed by atoms with Gasteiger partial charge in [0.05, 0.1) is 30.2 Å². The van der Waals surface area contributed by atoms with Crippen LogP contribution in [0.2, 0.25) is 0 Å². The van der Waals surface area contributed by atoms with E-state index in [0.717, 1.165) is 28.5 Å². The predicted octanol–water partition coefficient (Wildman–Crippen LogP) is 1.40. The van der Waals surface area contributed by atoms with Crippen LogP contribution in [0, 0.1) is 20.8 Å². The molecule has 0 amide bonds. The van der Waals surface area contributed by atoms with E-state index in [2.05, 4.69) is 20.4 Å². The van der Waals surface area contributed by atoms with Gasteiger partial charge in [-0.3, -0.25) is 4.68 Å². The number of rotatable bonds is 5. The molecule has 2 N–H and O–H groups in total. The molecule has 7 heteroatoms. The van der Waals surface area contributed by atoms with Gasteiger partial charge in [0.25, 0.3) is 0 Å².